The van der Waals surface area contributed by atoms with Gasteiger partial charge in [0.2, 0.25) is 0 Å². The lowest BCUT2D eigenvalue weighted by Gasteiger charge is -2.18. The van der Waals surface area contributed by atoms with E-state index in [-0.39, 0.29) is 11.8 Å². The predicted octanol–water partition coefficient (Wildman–Crippen LogP) is 5.40. The number of anilines is 1. The van der Waals surface area contributed by atoms with Crippen LogP contribution in [0.3, 0.4) is 0 Å². The minimum Gasteiger partial charge on any atom is -0.508 e. The maximum absolute atomic E-state index is 9.31. The number of nitrogens with one attached hydrogen (secondary N) is 1. The Balaban J connectivity index is 2.24. The highest BCUT2D eigenvalue weighted by molar-refractivity contribution is 9.11. The van der Waals surface area contributed by atoms with Crippen molar-refractivity contribution < 1.29 is 5.11 Å². The van der Waals surface area contributed by atoms with Crippen molar-refractivity contribution in [2.45, 2.75) is 19.9 Å². The zero-order chi connectivity index (χ0) is 14.0. The summed E-state index contributed by atoms with van der Waals surface area (Å²) in [5, 5.41) is 12.8. The highest BCUT2D eigenvalue weighted by Crippen LogP contribution is 2.34. The molecule has 1 unspecified atom stereocenters. The van der Waals surface area contributed by atoms with E-state index in [2.05, 4.69) is 63.2 Å². The molecule has 2 nitrogen and oxygen atoms in total. The Hall–Kier alpha value is -1.000. The summed E-state index contributed by atoms with van der Waals surface area (Å²) < 4.78 is 2.06. The third-order valence-electron chi connectivity index (χ3n) is 2.94. The smallest absolute Gasteiger partial charge is 0.115 e. The predicted molar refractivity (Wildman–Crippen MR) is 86.7 cm³/mol. The van der Waals surface area contributed by atoms with Crippen LogP contribution < -0.4 is 5.32 Å². The zero-order valence-corrected chi connectivity index (χ0v) is 13.9. The van der Waals surface area contributed by atoms with E-state index < -0.39 is 0 Å². The summed E-state index contributed by atoms with van der Waals surface area (Å²) in [7, 11) is 0. The SMILES string of the molecule is Cc1cc(Br)c(NC(C)c2ccc(O)cc2)c(Br)c1. The molecule has 0 amide bonds. The molecule has 0 aliphatic carbocycles. The normalized spacial score (nSPS) is 12.2. The molecule has 2 N–H and O–H groups in total. The Kier molecular flexibility index (Phi) is 4.53. The molecule has 0 heterocycles. The molecule has 100 valence electrons. The van der Waals surface area contributed by atoms with Gasteiger partial charge in [-0.2, -0.15) is 0 Å². The highest BCUT2D eigenvalue weighted by atomic mass is 79.9. The Bertz CT molecular complexity index is 558. The van der Waals surface area contributed by atoms with Gasteiger partial charge in [-0.1, -0.05) is 12.1 Å². The third-order valence-corrected chi connectivity index (χ3v) is 4.19. The van der Waals surface area contributed by atoms with Crippen molar-refractivity contribution in [3.8, 4) is 5.75 Å². The van der Waals surface area contributed by atoms with E-state index in [9.17, 15) is 5.11 Å². The molecular formula is C15H15Br2NO. The van der Waals surface area contributed by atoms with Crippen molar-refractivity contribution in [1.82, 2.24) is 0 Å². The highest BCUT2D eigenvalue weighted by Gasteiger charge is 2.11. The number of aryl methyl sites for hydroxylation is 1. The van der Waals surface area contributed by atoms with Gasteiger partial charge in [0, 0.05) is 15.0 Å². The monoisotopic (exact) mass is 383 g/mol. The van der Waals surface area contributed by atoms with Gasteiger partial charge in [-0.15, -0.1) is 0 Å². The molecule has 0 aliphatic heterocycles. The van der Waals surface area contributed by atoms with Crippen molar-refractivity contribution in [3.63, 3.8) is 0 Å². The summed E-state index contributed by atoms with van der Waals surface area (Å²) in [6, 6.07) is 11.6. The van der Waals surface area contributed by atoms with Crippen LogP contribution in [-0.4, -0.2) is 5.11 Å². The molecule has 2 aromatic rings. The largest absolute Gasteiger partial charge is 0.508 e. The van der Waals surface area contributed by atoms with Gasteiger partial charge >= 0.3 is 0 Å². The van der Waals surface area contributed by atoms with Crippen LogP contribution in [0.1, 0.15) is 24.1 Å². The number of benzene rings is 2. The van der Waals surface area contributed by atoms with Crippen LogP contribution in [0.5, 0.6) is 5.75 Å². The molecule has 0 fully saturated rings. The van der Waals surface area contributed by atoms with Gasteiger partial charge in [0.1, 0.15) is 5.75 Å². The first-order chi connectivity index (χ1) is 8.97. The summed E-state index contributed by atoms with van der Waals surface area (Å²) in [6.45, 7) is 4.15. The molecule has 1 atom stereocenters. The Morgan fingerprint density at radius 1 is 1.05 bits per heavy atom. The van der Waals surface area contributed by atoms with Crippen molar-refractivity contribution in [3.05, 3.63) is 56.5 Å². The maximum Gasteiger partial charge on any atom is 0.115 e. The number of rotatable bonds is 3. The number of phenolic OH excluding ortho intramolecular Hbond substituents is 1. The van der Waals surface area contributed by atoms with Gasteiger partial charge in [-0.05, 0) is 81.1 Å². The first kappa shape index (κ1) is 14.4. The second kappa shape index (κ2) is 5.97. The summed E-state index contributed by atoms with van der Waals surface area (Å²) in [4.78, 5) is 0. The number of halogens is 2. The van der Waals surface area contributed by atoms with Crippen molar-refractivity contribution >= 4 is 37.5 Å². The number of hydrogen-bond acceptors (Lipinski definition) is 2. The first-order valence-electron chi connectivity index (χ1n) is 5.98. The first-order valence-corrected chi connectivity index (χ1v) is 7.57. The fourth-order valence-corrected chi connectivity index (χ4v) is 3.54. The van der Waals surface area contributed by atoms with Gasteiger partial charge in [0.05, 0.1) is 5.69 Å². The second-order valence-electron chi connectivity index (χ2n) is 4.56. The van der Waals surface area contributed by atoms with Crippen molar-refractivity contribution in [2.75, 3.05) is 5.32 Å². The van der Waals surface area contributed by atoms with Crippen LogP contribution >= 0.6 is 31.9 Å². The van der Waals surface area contributed by atoms with E-state index in [4.69, 9.17) is 0 Å². The number of aromatic hydroxyl groups is 1. The molecule has 0 spiro atoms. The third kappa shape index (κ3) is 3.51. The number of hydrogen-bond donors (Lipinski definition) is 2. The Labute approximate surface area is 130 Å². The van der Waals surface area contributed by atoms with Crippen molar-refractivity contribution in [2.24, 2.45) is 0 Å². The molecule has 0 bridgehead atoms. The van der Waals surface area contributed by atoms with Crippen LogP contribution in [-0.2, 0) is 0 Å². The lowest BCUT2D eigenvalue weighted by Crippen LogP contribution is -2.07. The zero-order valence-electron chi connectivity index (χ0n) is 10.7. The van der Waals surface area contributed by atoms with E-state index in [1.165, 1.54) is 5.56 Å². The fourth-order valence-electron chi connectivity index (χ4n) is 1.90. The lowest BCUT2D eigenvalue weighted by molar-refractivity contribution is 0.475. The average molecular weight is 385 g/mol. The van der Waals surface area contributed by atoms with Crippen LogP contribution in [0, 0.1) is 6.92 Å². The van der Waals surface area contributed by atoms with Gasteiger partial charge < -0.3 is 10.4 Å². The molecule has 4 heteroatoms. The van der Waals surface area contributed by atoms with Crippen LogP contribution in [0.15, 0.2) is 45.3 Å². The average Bonchev–Trinajstić information content (AvgIpc) is 2.34. The van der Waals surface area contributed by atoms with E-state index in [0.29, 0.717) is 0 Å². The summed E-state index contributed by atoms with van der Waals surface area (Å²) in [5.41, 5.74) is 3.35. The molecule has 0 aliphatic rings. The molecule has 0 saturated heterocycles. The van der Waals surface area contributed by atoms with Crippen LogP contribution in [0.2, 0.25) is 0 Å². The maximum atomic E-state index is 9.31. The molecule has 19 heavy (non-hydrogen) atoms. The van der Waals surface area contributed by atoms with Gasteiger partial charge in [0.15, 0.2) is 0 Å². The minimum atomic E-state index is 0.149. The van der Waals surface area contributed by atoms with Gasteiger partial charge in [0.25, 0.3) is 0 Å². The summed E-state index contributed by atoms with van der Waals surface area (Å²) >= 11 is 7.16. The lowest BCUT2D eigenvalue weighted by atomic mass is 10.1. The minimum absolute atomic E-state index is 0.149. The summed E-state index contributed by atoms with van der Waals surface area (Å²) in [5.74, 6) is 0.286. The van der Waals surface area contributed by atoms with E-state index >= 15 is 0 Å². The van der Waals surface area contributed by atoms with Crippen LogP contribution in [0.4, 0.5) is 5.69 Å². The molecule has 0 radical (unpaired) electrons. The number of phenols is 1. The summed E-state index contributed by atoms with van der Waals surface area (Å²) in [6.07, 6.45) is 0. The van der Waals surface area contributed by atoms with E-state index in [1.807, 2.05) is 12.1 Å². The molecule has 2 aromatic carbocycles. The van der Waals surface area contributed by atoms with Gasteiger partial charge in [-0.3, -0.25) is 0 Å². The van der Waals surface area contributed by atoms with Crippen LogP contribution in [0.25, 0.3) is 0 Å². The molecule has 2 rings (SSSR count). The van der Waals surface area contributed by atoms with E-state index in [0.717, 1.165) is 20.2 Å². The standard InChI is InChI=1S/C15H15Br2NO/c1-9-7-13(16)15(14(17)8-9)18-10(2)11-3-5-12(19)6-4-11/h3-8,10,18-19H,1-2H3. The Morgan fingerprint density at radius 3 is 2.11 bits per heavy atom. The second-order valence-corrected chi connectivity index (χ2v) is 6.27. The van der Waals surface area contributed by atoms with E-state index in [1.54, 1.807) is 12.1 Å². The van der Waals surface area contributed by atoms with Crippen molar-refractivity contribution in [1.29, 1.82) is 0 Å². The topological polar surface area (TPSA) is 32.3 Å². The molecule has 0 aromatic heterocycles. The fraction of sp³-hybridized carbons (Fsp3) is 0.200. The molecule has 0 saturated carbocycles. The molecular weight excluding hydrogens is 370 g/mol. The van der Waals surface area contributed by atoms with Gasteiger partial charge in [-0.25, -0.2) is 0 Å². The quantitative estimate of drug-likeness (QED) is 0.742. The Morgan fingerprint density at radius 2 is 1.58 bits per heavy atom.